The number of benzene rings is 2. The topological polar surface area (TPSA) is 61.4 Å². The minimum absolute atomic E-state index is 0.184. The monoisotopic (exact) mass is 339 g/mol. The molecule has 0 bridgehead atoms. The zero-order valence-electron chi connectivity index (χ0n) is 13.6. The minimum Gasteiger partial charge on any atom is -0.312 e. The molecule has 0 unspecified atom stereocenters. The van der Waals surface area contributed by atoms with E-state index < -0.39 is 0 Å². The lowest BCUT2D eigenvalue weighted by Crippen LogP contribution is -2.39. The summed E-state index contributed by atoms with van der Waals surface area (Å²) >= 11 is 0. The molecule has 2 aliphatic heterocycles. The lowest BCUT2D eigenvalue weighted by molar-refractivity contribution is -0.119. The molecule has 0 fully saturated rings. The molecule has 0 saturated heterocycles. The van der Waals surface area contributed by atoms with Gasteiger partial charge < -0.3 is 15.5 Å². The van der Waals surface area contributed by atoms with Gasteiger partial charge in [0.15, 0.2) is 0 Å². The predicted molar refractivity (Wildman–Crippen MR) is 94.5 cm³/mol. The highest BCUT2D eigenvalue weighted by Crippen LogP contribution is 2.37. The molecule has 4 rings (SSSR count). The van der Waals surface area contributed by atoms with E-state index in [4.69, 9.17) is 0 Å². The number of aryl methyl sites for hydroxylation is 2. The first-order valence-electron chi connectivity index (χ1n) is 8.40. The van der Waals surface area contributed by atoms with Crippen LogP contribution in [0.2, 0.25) is 0 Å². The standard InChI is InChI=1S/C19H18FN3O2/c20-14-4-6-15(7-5-14)21-19(25)22-16-10-12-2-1-9-23-17(24)8-3-13(11-16)18(12)23/h4-7,10-11H,1-3,8-9H2,(H2,21,22,25). The Bertz CT molecular complexity index is 831. The van der Waals surface area contributed by atoms with Crippen LogP contribution in [0, 0.1) is 5.82 Å². The van der Waals surface area contributed by atoms with Gasteiger partial charge in [0.05, 0.1) is 5.69 Å². The summed E-state index contributed by atoms with van der Waals surface area (Å²) in [6, 6.07) is 9.11. The van der Waals surface area contributed by atoms with Crippen LogP contribution in [0.15, 0.2) is 36.4 Å². The van der Waals surface area contributed by atoms with Crippen molar-refractivity contribution < 1.29 is 14.0 Å². The Hall–Kier alpha value is -2.89. The molecule has 0 aromatic heterocycles. The van der Waals surface area contributed by atoms with Crippen LogP contribution >= 0.6 is 0 Å². The third-order valence-corrected chi connectivity index (χ3v) is 4.63. The van der Waals surface area contributed by atoms with Crippen molar-refractivity contribution in [2.45, 2.75) is 25.7 Å². The number of rotatable bonds is 2. The maximum absolute atomic E-state index is 12.9. The Morgan fingerprint density at radius 2 is 1.64 bits per heavy atom. The smallest absolute Gasteiger partial charge is 0.312 e. The Balaban J connectivity index is 1.54. The molecule has 2 aromatic rings. The first-order valence-corrected chi connectivity index (χ1v) is 8.40. The highest BCUT2D eigenvalue weighted by molar-refractivity contribution is 6.01. The molecule has 5 nitrogen and oxygen atoms in total. The van der Waals surface area contributed by atoms with Crippen molar-refractivity contribution in [2.24, 2.45) is 0 Å². The van der Waals surface area contributed by atoms with Crippen molar-refractivity contribution in [3.63, 3.8) is 0 Å². The van der Waals surface area contributed by atoms with Crippen molar-refractivity contribution >= 4 is 29.0 Å². The van der Waals surface area contributed by atoms with Crippen molar-refractivity contribution in [2.75, 3.05) is 22.1 Å². The number of carbonyl (C=O) groups excluding carboxylic acids is 2. The SMILES string of the molecule is O=C(Nc1ccc(F)cc1)Nc1cc2c3c(c1)CCC(=O)N3CCC2. The van der Waals surface area contributed by atoms with Crippen LogP contribution in [0.4, 0.5) is 26.2 Å². The van der Waals surface area contributed by atoms with Gasteiger partial charge in [0.1, 0.15) is 5.82 Å². The highest BCUT2D eigenvalue weighted by Gasteiger charge is 2.29. The maximum Gasteiger partial charge on any atom is 0.323 e. The minimum atomic E-state index is -0.377. The van der Waals surface area contributed by atoms with Gasteiger partial charge >= 0.3 is 6.03 Å². The van der Waals surface area contributed by atoms with Gasteiger partial charge in [-0.3, -0.25) is 4.79 Å². The summed E-state index contributed by atoms with van der Waals surface area (Å²) in [7, 11) is 0. The van der Waals surface area contributed by atoms with Gasteiger partial charge in [-0.05, 0) is 66.8 Å². The average molecular weight is 339 g/mol. The van der Waals surface area contributed by atoms with Gasteiger partial charge in [-0.15, -0.1) is 0 Å². The number of amides is 3. The molecule has 6 heteroatoms. The Morgan fingerprint density at radius 3 is 2.40 bits per heavy atom. The number of hydrogen-bond acceptors (Lipinski definition) is 2. The van der Waals surface area contributed by atoms with E-state index in [-0.39, 0.29) is 17.8 Å². The van der Waals surface area contributed by atoms with E-state index in [1.54, 1.807) is 0 Å². The van der Waals surface area contributed by atoms with Gasteiger partial charge in [-0.25, -0.2) is 9.18 Å². The van der Waals surface area contributed by atoms with Crippen LogP contribution in [0.5, 0.6) is 0 Å². The first kappa shape index (κ1) is 15.6. The molecule has 2 aliphatic rings. The lowest BCUT2D eigenvalue weighted by Gasteiger charge is -2.35. The molecule has 2 heterocycles. The zero-order chi connectivity index (χ0) is 17.4. The van der Waals surface area contributed by atoms with E-state index in [0.717, 1.165) is 36.2 Å². The Morgan fingerprint density at radius 1 is 0.960 bits per heavy atom. The fraction of sp³-hybridized carbons (Fsp3) is 0.263. The van der Waals surface area contributed by atoms with Gasteiger partial charge in [-0.1, -0.05) is 0 Å². The second-order valence-electron chi connectivity index (χ2n) is 6.38. The average Bonchev–Trinajstić information content (AvgIpc) is 2.60. The van der Waals surface area contributed by atoms with Crippen LogP contribution in [0.3, 0.4) is 0 Å². The summed E-state index contributed by atoms with van der Waals surface area (Å²) in [6.45, 7) is 0.774. The summed E-state index contributed by atoms with van der Waals surface area (Å²) in [4.78, 5) is 26.1. The number of halogens is 1. The highest BCUT2D eigenvalue weighted by atomic mass is 19.1. The maximum atomic E-state index is 12.9. The van der Waals surface area contributed by atoms with E-state index in [1.165, 1.54) is 24.3 Å². The fourth-order valence-electron chi connectivity index (χ4n) is 3.55. The summed E-state index contributed by atoms with van der Waals surface area (Å²) in [5, 5.41) is 5.52. The van der Waals surface area contributed by atoms with Crippen LogP contribution < -0.4 is 15.5 Å². The van der Waals surface area contributed by atoms with E-state index >= 15 is 0 Å². The summed E-state index contributed by atoms with van der Waals surface area (Å²) in [6.07, 6.45) is 3.05. The largest absolute Gasteiger partial charge is 0.323 e. The van der Waals surface area contributed by atoms with Gasteiger partial charge in [0.2, 0.25) is 5.91 Å². The van der Waals surface area contributed by atoms with E-state index in [9.17, 15) is 14.0 Å². The third kappa shape index (κ3) is 3.07. The normalized spacial score (nSPS) is 15.6. The molecule has 2 N–H and O–H groups in total. The van der Waals surface area contributed by atoms with Gasteiger partial charge in [0.25, 0.3) is 0 Å². The molecule has 25 heavy (non-hydrogen) atoms. The van der Waals surface area contributed by atoms with Crippen LogP contribution in [-0.2, 0) is 17.6 Å². The predicted octanol–water partition coefficient (Wildman–Crippen LogP) is 3.70. The number of anilines is 3. The number of nitrogens with zero attached hydrogens (tertiary/aromatic N) is 1. The summed E-state index contributed by atoms with van der Waals surface area (Å²) in [5.41, 5.74) is 4.48. The van der Waals surface area contributed by atoms with Crippen molar-refractivity contribution in [1.29, 1.82) is 0 Å². The van der Waals surface area contributed by atoms with Crippen LogP contribution in [-0.4, -0.2) is 18.5 Å². The Kier molecular flexibility index (Phi) is 3.87. The number of hydrogen-bond donors (Lipinski definition) is 2. The molecular formula is C19H18FN3O2. The van der Waals surface area contributed by atoms with Crippen molar-refractivity contribution in [3.05, 3.63) is 53.3 Å². The van der Waals surface area contributed by atoms with Gasteiger partial charge in [0, 0.05) is 24.3 Å². The molecule has 3 amide bonds. The third-order valence-electron chi connectivity index (χ3n) is 4.63. The van der Waals surface area contributed by atoms with Crippen LogP contribution in [0.1, 0.15) is 24.0 Å². The molecule has 0 atom stereocenters. The lowest BCUT2D eigenvalue weighted by atomic mass is 9.91. The number of nitrogens with one attached hydrogen (secondary N) is 2. The first-order chi connectivity index (χ1) is 12.1. The number of carbonyl (C=O) groups is 2. The van der Waals surface area contributed by atoms with E-state index in [2.05, 4.69) is 10.6 Å². The van der Waals surface area contributed by atoms with Gasteiger partial charge in [-0.2, -0.15) is 0 Å². The summed E-state index contributed by atoms with van der Waals surface area (Å²) < 4.78 is 12.9. The quantitative estimate of drug-likeness (QED) is 0.876. The zero-order valence-corrected chi connectivity index (χ0v) is 13.6. The molecule has 2 aromatic carbocycles. The molecular weight excluding hydrogens is 321 g/mol. The summed E-state index contributed by atoms with van der Waals surface area (Å²) in [5.74, 6) is -0.165. The van der Waals surface area contributed by atoms with Crippen molar-refractivity contribution in [1.82, 2.24) is 0 Å². The fourth-order valence-corrected chi connectivity index (χ4v) is 3.55. The molecule has 0 saturated carbocycles. The van der Waals surface area contributed by atoms with Crippen LogP contribution in [0.25, 0.3) is 0 Å². The Labute approximate surface area is 144 Å². The molecule has 0 radical (unpaired) electrons. The second-order valence-corrected chi connectivity index (χ2v) is 6.38. The molecule has 0 spiro atoms. The molecule has 128 valence electrons. The van der Waals surface area contributed by atoms with E-state index in [1.807, 2.05) is 17.0 Å². The second kappa shape index (κ2) is 6.20. The molecule has 0 aliphatic carbocycles. The van der Waals surface area contributed by atoms with E-state index in [0.29, 0.717) is 24.2 Å². The van der Waals surface area contributed by atoms with Crippen molar-refractivity contribution in [3.8, 4) is 0 Å². The number of urea groups is 1.